The molecule has 1 nitrogen and oxygen atoms in total. The number of hydrogen-bond acceptors (Lipinski definition) is 1. The predicted molar refractivity (Wildman–Crippen MR) is 84.7 cm³/mol. The number of allylic oxidation sites excluding steroid dienone is 2. The van der Waals surface area contributed by atoms with Gasteiger partial charge in [0.05, 0.1) is 0 Å². The Balaban J connectivity index is 4.10. The Hall–Kier alpha value is 0.647. The minimum atomic E-state index is -1.55. The van der Waals surface area contributed by atoms with Gasteiger partial charge in [0.1, 0.15) is 0 Å². The molecule has 0 saturated carbocycles. The van der Waals surface area contributed by atoms with Crippen LogP contribution in [0.3, 0.4) is 0 Å². The lowest BCUT2D eigenvalue weighted by atomic mass is 10.1. The van der Waals surface area contributed by atoms with Crippen LogP contribution in [0.5, 0.6) is 0 Å². The van der Waals surface area contributed by atoms with Gasteiger partial charge in [-0.15, -0.1) is 0 Å². The summed E-state index contributed by atoms with van der Waals surface area (Å²) in [4.78, 5) is 0. The van der Waals surface area contributed by atoms with E-state index in [0.29, 0.717) is 11.0 Å². The van der Waals surface area contributed by atoms with E-state index in [9.17, 15) is 0 Å². The first-order valence-corrected chi connectivity index (χ1v) is 10.0. The third kappa shape index (κ3) is 6.40. The highest BCUT2D eigenvalue weighted by molar-refractivity contribution is 14.1. The Kier molecular flexibility index (Phi) is 6.81. The molecule has 1 atom stereocenters. The molecule has 0 N–H and O–H groups in total. The van der Waals surface area contributed by atoms with E-state index >= 15 is 0 Å². The van der Waals surface area contributed by atoms with Gasteiger partial charge in [0.15, 0.2) is 8.32 Å². The van der Waals surface area contributed by atoms with Crippen molar-refractivity contribution in [1.82, 2.24) is 0 Å². The van der Waals surface area contributed by atoms with E-state index in [1.807, 2.05) is 0 Å². The van der Waals surface area contributed by atoms with Crippen molar-refractivity contribution in [3.63, 3.8) is 0 Å². The van der Waals surface area contributed by atoms with Crippen molar-refractivity contribution >= 4 is 30.9 Å². The van der Waals surface area contributed by atoms with Crippen molar-refractivity contribution in [2.24, 2.45) is 5.92 Å². The van der Waals surface area contributed by atoms with Crippen molar-refractivity contribution in [2.45, 2.75) is 59.2 Å². The molecule has 3 heteroatoms. The van der Waals surface area contributed by atoms with E-state index in [1.54, 1.807) is 0 Å². The number of rotatable bonds is 5. The summed E-state index contributed by atoms with van der Waals surface area (Å²) in [6.07, 6.45) is 3.42. The maximum atomic E-state index is 6.20. The quantitative estimate of drug-likeness (QED) is 0.476. The highest BCUT2D eigenvalue weighted by Gasteiger charge is 2.37. The van der Waals surface area contributed by atoms with Gasteiger partial charge in [-0.3, -0.25) is 0 Å². The minimum absolute atomic E-state index is 0.321. The molecule has 0 aromatic carbocycles. The smallest absolute Gasteiger partial charge is 0.191 e. The first-order valence-electron chi connectivity index (χ1n) is 6.02. The molecule has 0 heterocycles. The molecule has 0 amide bonds. The Labute approximate surface area is 116 Å². The summed E-state index contributed by atoms with van der Waals surface area (Å²) in [5, 5.41) is 0.321. The fourth-order valence-electron chi connectivity index (χ4n) is 0.999. The lowest BCUT2D eigenvalue weighted by Crippen LogP contribution is -2.41. The summed E-state index contributed by atoms with van der Waals surface area (Å²) in [5.74, 6) is 0.624. The van der Waals surface area contributed by atoms with E-state index in [2.05, 4.69) is 76.4 Å². The van der Waals surface area contributed by atoms with Crippen molar-refractivity contribution < 1.29 is 4.43 Å². The largest absolute Gasteiger partial charge is 0.417 e. The van der Waals surface area contributed by atoms with Crippen LogP contribution in [0.25, 0.3) is 0 Å². The molecule has 16 heavy (non-hydrogen) atoms. The van der Waals surface area contributed by atoms with Crippen LogP contribution in [0.1, 0.15) is 41.0 Å². The van der Waals surface area contributed by atoms with Crippen molar-refractivity contribution in [3.05, 3.63) is 9.66 Å². The molecule has 0 radical (unpaired) electrons. The van der Waals surface area contributed by atoms with Crippen LogP contribution in [-0.2, 0) is 4.43 Å². The standard InChI is InChI=1S/C13H27IOSi/c1-11(8-9-12(2)14)10-15-16(6,7)13(3,4)5/h9,11H,8,10H2,1-7H3/b12-9+/t11-/m1/s1. The van der Waals surface area contributed by atoms with Gasteiger partial charge in [-0.05, 0) is 63.6 Å². The SMILES string of the molecule is C/C(I)=C\C[C@@H](C)CO[Si](C)(C)C(C)(C)C. The second-order valence-corrected chi connectivity index (χ2v) is 12.7. The normalized spacial score (nSPS) is 16.4. The van der Waals surface area contributed by atoms with E-state index < -0.39 is 8.32 Å². The van der Waals surface area contributed by atoms with Crippen LogP contribution in [0.4, 0.5) is 0 Å². The average molecular weight is 354 g/mol. The molecule has 0 aliphatic carbocycles. The van der Waals surface area contributed by atoms with Crippen LogP contribution in [0.15, 0.2) is 9.66 Å². The molecule has 0 rings (SSSR count). The van der Waals surface area contributed by atoms with Gasteiger partial charge in [0.25, 0.3) is 0 Å². The molecular formula is C13H27IOSi. The van der Waals surface area contributed by atoms with Gasteiger partial charge in [0, 0.05) is 6.61 Å². The Morgan fingerprint density at radius 3 is 2.25 bits per heavy atom. The second-order valence-electron chi connectivity index (χ2n) is 6.20. The van der Waals surface area contributed by atoms with Crippen molar-refractivity contribution in [2.75, 3.05) is 6.61 Å². The van der Waals surface area contributed by atoms with E-state index in [0.717, 1.165) is 13.0 Å². The highest BCUT2D eigenvalue weighted by atomic mass is 127. The van der Waals surface area contributed by atoms with Crippen LogP contribution in [0, 0.1) is 5.92 Å². The molecule has 0 aromatic rings. The van der Waals surface area contributed by atoms with Crippen LogP contribution >= 0.6 is 22.6 Å². The van der Waals surface area contributed by atoms with Crippen LogP contribution in [-0.4, -0.2) is 14.9 Å². The fourth-order valence-corrected chi connectivity index (χ4v) is 2.39. The zero-order valence-electron chi connectivity index (χ0n) is 11.9. The zero-order chi connectivity index (χ0) is 13.0. The molecule has 0 aliphatic rings. The van der Waals surface area contributed by atoms with E-state index in [4.69, 9.17) is 4.43 Å². The average Bonchev–Trinajstić information content (AvgIpc) is 2.09. The number of hydrogen-bond donors (Lipinski definition) is 0. The molecule has 0 saturated heterocycles. The van der Waals surface area contributed by atoms with Gasteiger partial charge in [-0.25, -0.2) is 0 Å². The molecule has 96 valence electrons. The molecule has 0 bridgehead atoms. The minimum Gasteiger partial charge on any atom is -0.417 e. The number of halogens is 1. The summed E-state index contributed by atoms with van der Waals surface area (Å²) in [6.45, 7) is 16.8. The zero-order valence-corrected chi connectivity index (χ0v) is 15.0. The third-order valence-corrected chi connectivity index (χ3v) is 8.28. The molecule has 0 unspecified atom stereocenters. The molecule has 0 aromatic heterocycles. The van der Waals surface area contributed by atoms with Gasteiger partial charge in [-0.1, -0.05) is 33.8 Å². The summed E-state index contributed by atoms with van der Waals surface area (Å²) in [6, 6.07) is 0. The van der Waals surface area contributed by atoms with Gasteiger partial charge < -0.3 is 4.43 Å². The van der Waals surface area contributed by atoms with Crippen LogP contribution in [0.2, 0.25) is 18.1 Å². The molecule has 0 fully saturated rings. The maximum Gasteiger partial charge on any atom is 0.191 e. The van der Waals surface area contributed by atoms with Gasteiger partial charge >= 0.3 is 0 Å². The Morgan fingerprint density at radius 2 is 1.88 bits per heavy atom. The second kappa shape index (κ2) is 6.54. The summed E-state index contributed by atoms with van der Waals surface area (Å²) in [7, 11) is -1.55. The van der Waals surface area contributed by atoms with Crippen molar-refractivity contribution in [3.8, 4) is 0 Å². The van der Waals surface area contributed by atoms with E-state index in [1.165, 1.54) is 3.58 Å². The first-order chi connectivity index (χ1) is 7.06. The fraction of sp³-hybridized carbons (Fsp3) is 0.846. The Bertz CT molecular complexity index is 237. The third-order valence-electron chi connectivity index (χ3n) is 3.34. The lowest BCUT2D eigenvalue weighted by molar-refractivity contribution is 0.238. The molecule has 0 aliphatic heterocycles. The monoisotopic (exact) mass is 354 g/mol. The summed E-state index contributed by atoms with van der Waals surface area (Å²) < 4.78 is 7.57. The summed E-state index contributed by atoms with van der Waals surface area (Å²) >= 11 is 2.36. The predicted octanol–water partition coefficient (Wildman–Crippen LogP) is 5.37. The van der Waals surface area contributed by atoms with E-state index in [-0.39, 0.29) is 0 Å². The first kappa shape index (κ1) is 16.6. The topological polar surface area (TPSA) is 9.23 Å². The Morgan fingerprint density at radius 1 is 1.38 bits per heavy atom. The van der Waals surface area contributed by atoms with Crippen molar-refractivity contribution in [1.29, 1.82) is 0 Å². The summed E-state index contributed by atoms with van der Waals surface area (Å²) in [5.41, 5.74) is 0. The molecular weight excluding hydrogens is 327 g/mol. The molecule has 0 spiro atoms. The van der Waals surface area contributed by atoms with Crippen LogP contribution < -0.4 is 0 Å². The maximum absolute atomic E-state index is 6.20. The highest BCUT2D eigenvalue weighted by Crippen LogP contribution is 2.36. The lowest BCUT2D eigenvalue weighted by Gasteiger charge is -2.36. The van der Waals surface area contributed by atoms with Gasteiger partial charge in [0.2, 0.25) is 0 Å². The van der Waals surface area contributed by atoms with Gasteiger partial charge in [-0.2, -0.15) is 0 Å².